The fourth-order valence-electron chi connectivity index (χ4n) is 1.93. The molecule has 106 valence electrons. The van der Waals surface area contributed by atoms with Gasteiger partial charge in [-0.25, -0.2) is 0 Å². The summed E-state index contributed by atoms with van der Waals surface area (Å²) >= 11 is 3.38. The zero-order valence-corrected chi connectivity index (χ0v) is 13.1. The maximum atomic E-state index is 12.2. The Bertz CT molecular complexity index is 619. The van der Waals surface area contributed by atoms with Crippen LogP contribution in [0.15, 0.2) is 28.7 Å². The van der Waals surface area contributed by atoms with Crippen LogP contribution in [-0.4, -0.2) is 15.7 Å². The molecule has 0 fully saturated rings. The lowest BCUT2D eigenvalue weighted by Crippen LogP contribution is -2.26. The number of aromatic nitrogens is 2. The molecule has 0 aliphatic rings. The Balaban J connectivity index is 2.11. The highest BCUT2D eigenvalue weighted by molar-refractivity contribution is 9.10. The van der Waals surface area contributed by atoms with Gasteiger partial charge in [-0.15, -0.1) is 0 Å². The SMILES string of the molecule is CCn1nc(C)c(N)c1C(=O)NCc1ccc(Br)cc1. The van der Waals surface area contributed by atoms with E-state index in [9.17, 15) is 4.79 Å². The highest BCUT2D eigenvalue weighted by Crippen LogP contribution is 2.16. The summed E-state index contributed by atoms with van der Waals surface area (Å²) in [6, 6.07) is 7.79. The Hall–Kier alpha value is -1.82. The van der Waals surface area contributed by atoms with Gasteiger partial charge in [0.1, 0.15) is 5.69 Å². The number of anilines is 1. The first-order valence-electron chi connectivity index (χ1n) is 6.38. The summed E-state index contributed by atoms with van der Waals surface area (Å²) in [5, 5.41) is 7.11. The summed E-state index contributed by atoms with van der Waals surface area (Å²) in [6.07, 6.45) is 0. The average molecular weight is 337 g/mol. The van der Waals surface area contributed by atoms with Gasteiger partial charge in [-0.2, -0.15) is 5.10 Å². The van der Waals surface area contributed by atoms with E-state index in [0.29, 0.717) is 30.2 Å². The second-order valence-corrected chi connectivity index (χ2v) is 5.39. The lowest BCUT2D eigenvalue weighted by molar-refractivity contribution is 0.0941. The normalized spacial score (nSPS) is 10.6. The molecule has 6 heteroatoms. The molecule has 2 aromatic rings. The third-order valence-corrected chi connectivity index (χ3v) is 3.58. The monoisotopic (exact) mass is 336 g/mol. The first-order chi connectivity index (χ1) is 9.52. The molecule has 20 heavy (non-hydrogen) atoms. The molecule has 0 aliphatic heterocycles. The van der Waals surface area contributed by atoms with E-state index in [1.807, 2.05) is 31.2 Å². The molecule has 0 atom stereocenters. The van der Waals surface area contributed by atoms with Crippen molar-refractivity contribution < 1.29 is 4.79 Å². The summed E-state index contributed by atoms with van der Waals surface area (Å²) in [5.41, 5.74) is 8.50. The fourth-order valence-corrected chi connectivity index (χ4v) is 2.20. The molecule has 0 saturated heterocycles. The van der Waals surface area contributed by atoms with Crippen molar-refractivity contribution in [1.29, 1.82) is 0 Å². The first-order valence-corrected chi connectivity index (χ1v) is 7.17. The standard InChI is InChI=1S/C14H17BrN4O/c1-3-19-13(12(16)9(2)18-19)14(20)17-8-10-4-6-11(15)7-5-10/h4-7H,3,8,16H2,1-2H3,(H,17,20). The number of hydrogen-bond donors (Lipinski definition) is 2. The maximum Gasteiger partial charge on any atom is 0.271 e. The molecule has 0 unspecified atom stereocenters. The Labute approximate surface area is 126 Å². The number of halogens is 1. The molecule has 3 N–H and O–H groups in total. The number of carbonyl (C=O) groups excluding carboxylic acids is 1. The highest BCUT2D eigenvalue weighted by Gasteiger charge is 2.18. The van der Waals surface area contributed by atoms with Crippen LogP contribution in [0.25, 0.3) is 0 Å². The number of nitrogens with two attached hydrogens (primary N) is 1. The van der Waals surface area contributed by atoms with Crippen molar-refractivity contribution in [3.8, 4) is 0 Å². The number of amides is 1. The van der Waals surface area contributed by atoms with Gasteiger partial charge in [0.05, 0.1) is 11.4 Å². The van der Waals surface area contributed by atoms with Crippen molar-refractivity contribution in [2.75, 3.05) is 5.73 Å². The number of carbonyl (C=O) groups is 1. The molecule has 1 aromatic carbocycles. The molecule has 2 rings (SSSR count). The van der Waals surface area contributed by atoms with Crippen LogP contribution >= 0.6 is 15.9 Å². The van der Waals surface area contributed by atoms with Gasteiger partial charge in [0.2, 0.25) is 0 Å². The summed E-state index contributed by atoms with van der Waals surface area (Å²) in [7, 11) is 0. The molecule has 1 amide bonds. The van der Waals surface area contributed by atoms with E-state index in [1.54, 1.807) is 11.6 Å². The van der Waals surface area contributed by atoms with E-state index in [4.69, 9.17) is 5.73 Å². The van der Waals surface area contributed by atoms with E-state index in [1.165, 1.54) is 0 Å². The molecular weight excluding hydrogens is 320 g/mol. The smallest absolute Gasteiger partial charge is 0.271 e. The topological polar surface area (TPSA) is 72.9 Å². The number of hydrogen-bond acceptors (Lipinski definition) is 3. The van der Waals surface area contributed by atoms with Crippen LogP contribution in [0.2, 0.25) is 0 Å². The lowest BCUT2D eigenvalue weighted by Gasteiger charge is -2.08. The van der Waals surface area contributed by atoms with E-state index >= 15 is 0 Å². The largest absolute Gasteiger partial charge is 0.395 e. The first kappa shape index (κ1) is 14.6. The van der Waals surface area contributed by atoms with E-state index in [0.717, 1.165) is 10.0 Å². The third kappa shape index (κ3) is 3.01. The van der Waals surface area contributed by atoms with E-state index < -0.39 is 0 Å². The summed E-state index contributed by atoms with van der Waals surface area (Å²) in [5.74, 6) is -0.201. The zero-order valence-electron chi connectivity index (χ0n) is 11.5. The molecule has 0 radical (unpaired) electrons. The van der Waals surface area contributed by atoms with Gasteiger partial charge in [0, 0.05) is 17.6 Å². The van der Waals surface area contributed by atoms with Gasteiger partial charge in [-0.1, -0.05) is 28.1 Å². The van der Waals surface area contributed by atoms with Crippen LogP contribution in [0.4, 0.5) is 5.69 Å². The molecule has 0 saturated carbocycles. The molecular formula is C14H17BrN4O. The average Bonchev–Trinajstić information content (AvgIpc) is 2.73. The number of aryl methyl sites for hydroxylation is 2. The highest BCUT2D eigenvalue weighted by atomic mass is 79.9. The van der Waals surface area contributed by atoms with Gasteiger partial charge in [-0.05, 0) is 31.5 Å². The van der Waals surface area contributed by atoms with Crippen LogP contribution in [0.5, 0.6) is 0 Å². The minimum absolute atomic E-state index is 0.201. The van der Waals surface area contributed by atoms with Crippen molar-refractivity contribution in [3.05, 3.63) is 45.7 Å². The van der Waals surface area contributed by atoms with Crippen molar-refractivity contribution in [3.63, 3.8) is 0 Å². The molecule has 1 heterocycles. The fraction of sp³-hybridized carbons (Fsp3) is 0.286. The van der Waals surface area contributed by atoms with Gasteiger partial charge in [-0.3, -0.25) is 9.48 Å². The third-order valence-electron chi connectivity index (χ3n) is 3.05. The molecule has 0 bridgehead atoms. The Morgan fingerprint density at radius 1 is 1.40 bits per heavy atom. The zero-order chi connectivity index (χ0) is 14.7. The van der Waals surface area contributed by atoms with E-state index in [2.05, 4.69) is 26.3 Å². The van der Waals surface area contributed by atoms with Crippen molar-refractivity contribution in [2.45, 2.75) is 26.9 Å². The van der Waals surface area contributed by atoms with Crippen molar-refractivity contribution >= 4 is 27.5 Å². The van der Waals surface area contributed by atoms with Gasteiger partial charge < -0.3 is 11.1 Å². The second kappa shape index (κ2) is 6.09. The quantitative estimate of drug-likeness (QED) is 0.900. The van der Waals surface area contributed by atoms with Crippen LogP contribution < -0.4 is 11.1 Å². The number of nitrogens with zero attached hydrogens (tertiary/aromatic N) is 2. The van der Waals surface area contributed by atoms with E-state index in [-0.39, 0.29) is 5.91 Å². The van der Waals surface area contributed by atoms with Gasteiger partial charge in [0.15, 0.2) is 0 Å². The van der Waals surface area contributed by atoms with Crippen LogP contribution in [0.1, 0.15) is 28.7 Å². The predicted octanol–water partition coefficient (Wildman–Crippen LogP) is 2.49. The molecule has 1 aromatic heterocycles. The summed E-state index contributed by atoms with van der Waals surface area (Å²) < 4.78 is 2.64. The number of rotatable bonds is 4. The Morgan fingerprint density at radius 3 is 2.65 bits per heavy atom. The molecule has 5 nitrogen and oxygen atoms in total. The van der Waals surface area contributed by atoms with Gasteiger partial charge in [0.25, 0.3) is 5.91 Å². The maximum absolute atomic E-state index is 12.2. The molecule has 0 aliphatic carbocycles. The minimum Gasteiger partial charge on any atom is -0.395 e. The number of nitrogen functional groups attached to an aromatic ring is 1. The minimum atomic E-state index is -0.201. The lowest BCUT2D eigenvalue weighted by atomic mass is 10.2. The predicted molar refractivity (Wildman–Crippen MR) is 82.4 cm³/mol. The Morgan fingerprint density at radius 2 is 2.05 bits per heavy atom. The second-order valence-electron chi connectivity index (χ2n) is 4.47. The van der Waals surface area contributed by atoms with Crippen molar-refractivity contribution in [2.24, 2.45) is 0 Å². The number of benzene rings is 1. The number of nitrogens with one attached hydrogen (secondary N) is 1. The summed E-state index contributed by atoms with van der Waals surface area (Å²) in [6.45, 7) is 4.79. The Kier molecular flexibility index (Phi) is 4.44. The van der Waals surface area contributed by atoms with Crippen LogP contribution in [-0.2, 0) is 13.1 Å². The molecule has 0 spiro atoms. The van der Waals surface area contributed by atoms with Gasteiger partial charge >= 0.3 is 0 Å². The van der Waals surface area contributed by atoms with Crippen molar-refractivity contribution in [1.82, 2.24) is 15.1 Å². The van der Waals surface area contributed by atoms with Crippen LogP contribution in [0.3, 0.4) is 0 Å². The van der Waals surface area contributed by atoms with Crippen LogP contribution in [0, 0.1) is 6.92 Å². The summed E-state index contributed by atoms with van der Waals surface area (Å²) in [4.78, 5) is 12.2.